The zero-order valence-electron chi connectivity index (χ0n) is 11.9. The van der Waals surface area contributed by atoms with Crippen LogP contribution in [-0.2, 0) is 19.0 Å². The summed E-state index contributed by atoms with van der Waals surface area (Å²) in [6.07, 6.45) is 6.21. The van der Waals surface area contributed by atoms with Crippen molar-refractivity contribution in [3.63, 3.8) is 0 Å². The molecule has 0 aromatic heterocycles. The summed E-state index contributed by atoms with van der Waals surface area (Å²) >= 11 is 0. The van der Waals surface area contributed by atoms with E-state index in [1.54, 1.807) is 0 Å². The maximum Gasteiger partial charge on any atom is 0.305 e. The average Bonchev–Trinajstić information content (AvgIpc) is 2.36. The third-order valence-electron chi connectivity index (χ3n) is 2.46. The summed E-state index contributed by atoms with van der Waals surface area (Å²) in [5.41, 5.74) is 0. The van der Waals surface area contributed by atoms with Crippen molar-refractivity contribution < 1.29 is 19.0 Å². The Morgan fingerprint density at radius 2 is 1.44 bits per heavy atom. The van der Waals surface area contributed by atoms with Gasteiger partial charge in [0, 0.05) is 13.0 Å². The van der Waals surface area contributed by atoms with Gasteiger partial charge >= 0.3 is 5.97 Å². The first-order valence-electron chi connectivity index (χ1n) is 7.12. The molecule has 0 aliphatic rings. The van der Waals surface area contributed by atoms with Gasteiger partial charge in [-0.05, 0) is 12.8 Å². The highest BCUT2D eigenvalue weighted by Crippen LogP contribution is 1.98. The van der Waals surface area contributed by atoms with E-state index in [-0.39, 0.29) is 5.97 Å². The highest BCUT2D eigenvalue weighted by molar-refractivity contribution is 5.69. The van der Waals surface area contributed by atoms with Crippen LogP contribution in [0.5, 0.6) is 0 Å². The maximum atomic E-state index is 11.0. The summed E-state index contributed by atoms with van der Waals surface area (Å²) in [6, 6.07) is 0. The highest BCUT2D eigenvalue weighted by Gasteiger charge is 1.99. The molecule has 0 unspecified atom stereocenters. The van der Waals surface area contributed by atoms with Gasteiger partial charge in [-0.15, -0.1) is 0 Å². The number of carbonyl (C=O) groups excluding carboxylic acids is 1. The molecule has 0 saturated heterocycles. The molecule has 0 fully saturated rings. The Labute approximate surface area is 111 Å². The van der Waals surface area contributed by atoms with Crippen molar-refractivity contribution in [1.82, 2.24) is 0 Å². The Balaban J connectivity index is 3.01. The molecule has 0 aromatic carbocycles. The molecule has 0 aromatic rings. The van der Waals surface area contributed by atoms with E-state index in [1.165, 1.54) is 19.3 Å². The van der Waals surface area contributed by atoms with Crippen LogP contribution in [0.3, 0.4) is 0 Å². The number of esters is 1. The van der Waals surface area contributed by atoms with Crippen LogP contribution in [0.1, 0.15) is 52.4 Å². The lowest BCUT2D eigenvalue weighted by atomic mass is 10.2. The summed E-state index contributed by atoms with van der Waals surface area (Å²) in [4.78, 5) is 11.0. The zero-order valence-corrected chi connectivity index (χ0v) is 11.9. The van der Waals surface area contributed by atoms with Crippen LogP contribution in [0.2, 0.25) is 0 Å². The Hall–Kier alpha value is -0.610. The number of carbonyl (C=O) groups is 1. The monoisotopic (exact) mass is 260 g/mol. The van der Waals surface area contributed by atoms with Gasteiger partial charge in [0.1, 0.15) is 6.61 Å². The summed E-state index contributed by atoms with van der Waals surface area (Å²) in [5.74, 6) is -0.145. The fraction of sp³-hybridized carbons (Fsp3) is 0.929. The van der Waals surface area contributed by atoms with Gasteiger partial charge in [0.25, 0.3) is 0 Å². The fourth-order valence-corrected chi connectivity index (χ4v) is 1.44. The predicted molar refractivity (Wildman–Crippen MR) is 71.6 cm³/mol. The van der Waals surface area contributed by atoms with Gasteiger partial charge in [0.15, 0.2) is 0 Å². The van der Waals surface area contributed by atoms with E-state index >= 15 is 0 Å². The van der Waals surface area contributed by atoms with Crippen molar-refractivity contribution in [3.05, 3.63) is 0 Å². The van der Waals surface area contributed by atoms with Crippen molar-refractivity contribution in [2.75, 3.05) is 33.0 Å². The number of unbranched alkanes of at least 4 members (excludes halogenated alkanes) is 3. The van der Waals surface area contributed by atoms with Gasteiger partial charge in [-0.3, -0.25) is 4.79 Å². The van der Waals surface area contributed by atoms with E-state index in [2.05, 4.69) is 6.92 Å². The van der Waals surface area contributed by atoms with Gasteiger partial charge in [-0.2, -0.15) is 0 Å². The lowest BCUT2D eigenvalue weighted by Crippen LogP contribution is -2.12. The minimum Gasteiger partial charge on any atom is -0.463 e. The third-order valence-corrected chi connectivity index (χ3v) is 2.46. The SMILES string of the molecule is CCCCCCOCCOCCOC(=O)CCC. The second-order valence-electron chi connectivity index (χ2n) is 4.26. The van der Waals surface area contributed by atoms with Gasteiger partial charge in [-0.1, -0.05) is 33.1 Å². The molecule has 0 bridgehead atoms. The molecule has 0 rings (SSSR count). The van der Waals surface area contributed by atoms with E-state index in [0.29, 0.717) is 32.8 Å². The topological polar surface area (TPSA) is 44.8 Å². The largest absolute Gasteiger partial charge is 0.463 e. The van der Waals surface area contributed by atoms with Gasteiger partial charge in [0.05, 0.1) is 19.8 Å². The van der Waals surface area contributed by atoms with E-state index in [4.69, 9.17) is 14.2 Å². The van der Waals surface area contributed by atoms with E-state index in [0.717, 1.165) is 19.4 Å². The minimum absolute atomic E-state index is 0.145. The van der Waals surface area contributed by atoms with Crippen LogP contribution in [0.15, 0.2) is 0 Å². The summed E-state index contributed by atoms with van der Waals surface area (Å²) in [7, 11) is 0. The van der Waals surface area contributed by atoms with Gasteiger partial charge in [0.2, 0.25) is 0 Å². The molecular weight excluding hydrogens is 232 g/mol. The molecule has 0 N–H and O–H groups in total. The molecular formula is C14H28O4. The first-order chi connectivity index (χ1) is 8.81. The van der Waals surface area contributed by atoms with Crippen LogP contribution in [0.4, 0.5) is 0 Å². The van der Waals surface area contributed by atoms with Crippen LogP contribution >= 0.6 is 0 Å². The highest BCUT2D eigenvalue weighted by atomic mass is 16.6. The van der Waals surface area contributed by atoms with Crippen molar-refractivity contribution in [2.24, 2.45) is 0 Å². The molecule has 0 saturated carbocycles. The van der Waals surface area contributed by atoms with Crippen LogP contribution in [-0.4, -0.2) is 39.0 Å². The standard InChI is InChI=1S/C14H28O4/c1-3-5-6-7-9-16-10-11-17-12-13-18-14(15)8-4-2/h3-13H2,1-2H3. The maximum absolute atomic E-state index is 11.0. The van der Waals surface area contributed by atoms with Gasteiger partial charge in [-0.25, -0.2) is 0 Å². The Bertz CT molecular complexity index is 183. The molecule has 18 heavy (non-hydrogen) atoms. The summed E-state index contributed by atoms with van der Waals surface area (Å²) < 4.78 is 15.7. The van der Waals surface area contributed by atoms with Crippen LogP contribution in [0, 0.1) is 0 Å². The second-order valence-corrected chi connectivity index (χ2v) is 4.26. The average molecular weight is 260 g/mol. The molecule has 0 amide bonds. The van der Waals surface area contributed by atoms with Crippen LogP contribution in [0.25, 0.3) is 0 Å². The van der Waals surface area contributed by atoms with E-state index < -0.39 is 0 Å². The molecule has 0 aliphatic carbocycles. The molecule has 4 nitrogen and oxygen atoms in total. The zero-order chi connectivity index (χ0) is 13.5. The van der Waals surface area contributed by atoms with Crippen molar-refractivity contribution in [3.8, 4) is 0 Å². The minimum atomic E-state index is -0.145. The molecule has 108 valence electrons. The Morgan fingerprint density at radius 1 is 0.778 bits per heavy atom. The summed E-state index contributed by atoms with van der Waals surface area (Å²) in [5, 5.41) is 0. The lowest BCUT2D eigenvalue weighted by molar-refractivity contribution is -0.145. The summed E-state index contributed by atoms with van der Waals surface area (Å²) in [6.45, 7) is 6.95. The second kappa shape index (κ2) is 14.5. The first kappa shape index (κ1) is 17.4. The van der Waals surface area contributed by atoms with Crippen LogP contribution < -0.4 is 0 Å². The molecule has 0 spiro atoms. The molecule has 0 aliphatic heterocycles. The van der Waals surface area contributed by atoms with E-state index in [9.17, 15) is 4.79 Å². The van der Waals surface area contributed by atoms with Gasteiger partial charge < -0.3 is 14.2 Å². The number of hydrogen-bond acceptors (Lipinski definition) is 4. The predicted octanol–water partition coefficient (Wildman–Crippen LogP) is 2.94. The van der Waals surface area contributed by atoms with Crippen molar-refractivity contribution in [2.45, 2.75) is 52.4 Å². The Morgan fingerprint density at radius 3 is 2.11 bits per heavy atom. The lowest BCUT2D eigenvalue weighted by Gasteiger charge is -2.06. The number of rotatable bonds is 13. The number of ether oxygens (including phenoxy) is 3. The van der Waals surface area contributed by atoms with E-state index in [1.807, 2.05) is 6.92 Å². The quantitative estimate of drug-likeness (QED) is 0.377. The normalized spacial score (nSPS) is 10.6. The van der Waals surface area contributed by atoms with Crippen molar-refractivity contribution >= 4 is 5.97 Å². The molecule has 4 heteroatoms. The molecule has 0 atom stereocenters. The third kappa shape index (κ3) is 13.5. The number of hydrogen-bond donors (Lipinski definition) is 0. The molecule has 0 radical (unpaired) electrons. The Kier molecular flexibility index (Phi) is 14.0. The fourth-order valence-electron chi connectivity index (χ4n) is 1.44. The van der Waals surface area contributed by atoms with Crippen molar-refractivity contribution in [1.29, 1.82) is 0 Å². The first-order valence-corrected chi connectivity index (χ1v) is 7.12. The smallest absolute Gasteiger partial charge is 0.305 e. The molecule has 0 heterocycles.